The highest BCUT2D eigenvalue weighted by Gasteiger charge is 2.26. The molecule has 0 unspecified atom stereocenters. The van der Waals surface area contributed by atoms with Gasteiger partial charge in [-0.3, -0.25) is 19.3 Å². The summed E-state index contributed by atoms with van der Waals surface area (Å²) in [7, 11) is 0. The van der Waals surface area contributed by atoms with E-state index in [1.54, 1.807) is 26.9 Å². The molecule has 3 heterocycles. The van der Waals surface area contributed by atoms with Crippen molar-refractivity contribution in [2.24, 2.45) is 0 Å². The minimum absolute atomic E-state index is 0.0954. The largest absolute Gasteiger partial charge is 0.335 e. The van der Waals surface area contributed by atoms with E-state index in [1.807, 2.05) is 24.3 Å². The van der Waals surface area contributed by atoms with Crippen LogP contribution in [0.15, 0.2) is 55.2 Å². The molecule has 0 N–H and O–H groups in total. The number of amides is 2. The predicted molar refractivity (Wildman–Crippen MR) is 107 cm³/mol. The number of aromatic nitrogens is 4. The maximum atomic E-state index is 12.8. The lowest BCUT2D eigenvalue weighted by molar-refractivity contribution is 0.0532. The van der Waals surface area contributed by atoms with Crippen LogP contribution >= 0.6 is 11.6 Å². The zero-order valence-electron chi connectivity index (χ0n) is 15.6. The highest BCUT2D eigenvalue weighted by molar-refractivity contribution is 6.31. The van der Waals surface area contributed by atoms with E-state index in [0.29, 0.717) is 49.0 Å². The summed E-state index contributed by atoms with van der Waals surface area (Å²) in [5, 5.41) is 4.95. The summed E-state index contributed by atoms with van der Waals surface area (Å²) in [6.45, 7) is 2.32. The van der Waals surface area contributed by atoms with Gasteiger partial charge in [0, 0.05) is 49.8 Å². The van der Waals surface area contributed by atoms with E-state index in [2.05, 4.69) is 15.1 Å². The third-order valence-electron chi connectivity index (χ3n) is 4.81. The molecule has 2 amide bonds. The lowest BCUT2D eigenvalue weighted by Gasteiger charge is -2.34. The Hall–Kier alpha value is -3.26. The second kappa shape index (κ2) is 8.40. The van der Waals surface area contributed by atoms with Crippen LogP contribution in [0.1, 0.15) is 26.4 Å². The fourth-order valence-electron chi connectivity index (χ4n) is 3.23. The predicted octanol–water partition coefficient (Wildman–Crippen LogP) is 1.97. The van der Waals surface area contributed by atoms with Crippen LogP contribution in [0.25, 0.3) is 0 Å². The second-order valence-electron chi connectivity index (χ2n) is 6.69. The maximum Gasteiger partial charge on any atom is 0.274 e. The smallest absolute Gasteiger partial charge is 0.274 e. The van der Waals surface area contributed by atoms with Gasteiger partial charge in [0.1, 0.15) is 5.69 Å². The normalized spacial score (nSPS) is 14.1. The lowest BCUT2D eigenvalue weighted by Crippen LogP contribution is -2.50. The number of piperazine rings is 1. The molecule has 1 aromatic carbocycles. The molecule has 0 saturated carbocycles. The highest BCUT2D eigenvalue weighted by Crippen LogP contribution is 2.17. The van der Waals surface area contributed by atoms with Crippen molar-refractivity contribution in [3.05, 3.63) is 77.1 Å². The number of carbonyl (C=O) groups is 2. The van der Waals surface area contributed by atoms with E-state index < -0.39 is 0 Å². The topological polar surface area (TPSA) is 84.2 Å². The van der Waals surface area contributed by atoms with Crippen LogP contribution < -0.4 is 0 Å². The van der Waals surface area contributed by atoms with Crippen LogP contribution in [0.2, 0.25) is 5.02 Å². The van der Waals surface area contributed by atoms with Crippen LogP contribution in [0.3, 0.4) is 0 Å². The van der Waals surface area contributed by atoms with E-state index in [4.69, 9.17) is 11.6 Å². The van der Waals surface area contributed by atoms with Crippen LogP contribution in [0.5, 0.6) is 0 Å². The molecule has 1 aliphatic rings. The van der Waals surface area contributed by atoms with Gasteiger partial charge in [-0.2, -0.15) is 5.10 Å². The SMILES string of the molecule is O=C(c1cnn(Cc2ccccc2Cl)c1)N1CCN(C(=O)c2cnccn2)CC1. The van der Waals surface area contributed by atoms with Gasteiger partial charge in [-0.05, 0) is 11.6 Å². The molecule has 1 aliphatic heterocycles. The molecule has 2 aromatic heterocycles. The van der Waals surface area contributed by atoms with E-state index in [9.17, 15) is 9.59 Å². The zero-order chi connectivity index (χ0) is 20.2. The minimum atomic E-state index is -0.169. The minimum Gasteiger partial charge on any atom is -0.335 e. The van der Waals surface area contributed by atoms with E-state index in [1.165, 1.54) is 18.6 Å². The van der Waals surface area contributed by atoms with Gasteiger partial charge in [-0.15, -0.1) is 0 Å². The van der Waals surface area contributed by atoms with Gasteiger partial charge in [0.25, 0.3) is 11.8 Å². The Kier molecular flexibility index (Phi) is 5.53. The van der Waals surface area contributed by atoms with Crippen molar-refractivity contribution >= 4 is 23.4 Å². The summed E-state index contributed by atoms with van der Waals surface area (Å²) in [6.07, 6.45) is 7.76. The molecule has 0 aliphatic carbocycles. The molecule has 3 aromatic rings. The van der Waals surface area contributed by atoms with Crippen LogP contribution in [0, 0.1) is 0 Å². The third-order valence-corrected chi connectivity index (χ3v) is 5.18. The first-order valence-corrected chi connectivity index (χ1v) is 9.60. The molecule has 9 heteroatoms. The Morgan fingerprint density at radius 3 is 2.38 bits per heavy atom. The summed E-state index contributed by atoms with van der Waals surface area (Å²) in [5.41, 5.74) is 1.77. The molecule has 0 bridgehead atoms. The summed E-state index contributed by atoms with van der Waals surface area (Å²) in [4.78, 5) is 36.6. The zero-order valence-corrected chi connectivity index (χ0v) is 16.4. The van der Waals surface area contributed by atoms with Gasteiger partial charge in [0.2, 0.25) is 0 Å². The number of halogens is 1. The van der Waals surface area contributed by atoms with Crippen molar-refractivity contribution < 1.29 is 9.59 Å². The summed E-state index contributed by atoms with van der Waals surface area (Å²) >= 11 is 6.19. The van der Waals surface area contributed by atoms with Gasteiger partial charge < -0.3 is 9.80 Å². The number of nitrogens with zero attached hydrogens (tertiary/aromatic N) is 6. The third kappa shape index (κ3) is 4.27. The maximum absolute atomic E-state index is 12.8. The highest BCUT2D eigenvalue weighted by atomic mass is 35.5. The number of benzene rings is 1. The van der Waals surface area contributed by atoms with Gasteiger partial charge >= 0.3 is 0 Å². The Morgan fingerprint density at radius 2 is 1.69 bits per heavy atom. The van der Waals surface area contributed by atoms with E-state index in [-0.39, 0.29) is 11.8 Å². The van der Waals surface area contributed by atoms with Crippen LogP contribution in [-0.2, 0) is 6.54 Å². The first-order valence-electron chi connectivity index (χ1n) is 9.22. The fourth-order valence-corrected chi connectivity index (χ4v) is 3.42. The molecule has 29 heavy (non-hydrogen) atoms. The van der Waals surface area contributed by atoms with Crippen molar-refractivity contribution in [3.63, 3.8) is 0 Å². The molecule has 1 fully saturated rings. The first-order chi connectivity index (χ1) is 14.1. The average molecular weight is 411 g/mol. The average Bonchev–Trinajstić information content (AvgIpc) is 3.24. The van der Waals surface area contributed by atoms with E-state index >= 15 is 0 Å². The Morgan fingerprint density at radius 1 is 0.966 bits per heavy atom. The fraction of sp³-hybridized carbons (Fsp3) is 0.250. The van der Waals surface area contributed by atoms with Gasteiger partial charge in [0.15, 0.2) is 0 Å². The van der Waals surface area contributed by atoms with Crippen molar-refractivity contribution in [1.82, 2.24) is 29.5 Å². The number of rotatable bonds is 4. The van der Waals surface area contributed by atoms with Crippen molar-refractivity contribution in [1.29, 1.82) is 0 Å². The molecule has 0 atom stereocenters. The molecule has 8 nitrogen and oxygen atoms in total. The quantitative estimate of drug-likeness (QED) is 0.656. The molecular weight excluding hydrogens is 392 g/mol. The van der Waals surface area contributed by atoms with Gasteiger partial charge in [-0.25, -0.2) is 4.98 Å². The van der Waals surface area contributed by atoms with E-state index in [0.717, 1.165) is 5.56 Å². The van der Waals surface area contributed by atoms with Crippen molar-refractivity contribution in [3.8, 4) is 0 Å². The molecular formula is C20H19ClN6O2. The van der Waals surface area contributed by atoms with Gasteiger partial charge in [0.05, 0.1) is 24.5 Å². The second-order valence-corrected chi connectivity index (χ2v) is 7.10. The number of carbonyl (C=O) groups excluding carboxylic acids is 2. The Balaban J connectivity index is 1.36. The van der Waals surface area contributed by atoms with Crippen LogP contribution in [-0.4, -0.2) is 67.5 Å². The molecule has 0 radical (unpaired) electrons. The Bertz CT molecular complexity index is 1010. The lowest BCUT2D eigenvalue weighted by atomic mass is 10.2. The first kappa shape index (κ1) is 19.1. The molecule has 148 valence electrons. The summed E-state index contributed by atoms with van der Waals surface area (Å²) in [5.74, 6) is -0.264. The van der Waals surface area contributed by atoms with Crippen molar-refractivity contribution in [2.75, 3.05) is 26.2 Å². The monoisotopic (exact) mass is 410 g/mol. The number of hydrogen-bond acceptors (Lipinski definition) is 5. The van der Waals surface area contributed by atoms with Gasteiger partial charge in [-0.1, -0.05) is 29.8 Å². The molecule has 1 saturated heterocycles. The molecule has 4 rings (SSSR count). The standard InChI is InChI=1S/C20H19ClN6O2/c21-17-4-2-1-3-15(17)13-27-14-16(11-24-27)19(28)25-7-9-26(10-8-25)20(29)18-12-22-5-6-23-18/h1-6,11-12,14H,7-10,13H2. The van der Waals surface area contributed by atoms with Crippen LogP contribution in [0.4, 0.5) is 0 Å². The number of hydrogen-bond donors (Lipinski definition) is 0. The summed E-state index contributed by atoms with van der Waals surface area (Å²) in [6, 6.07) is 7.55. The molecule has 0 spiro atoms. The van der Waals surface area contributed by atoms with Crippen molar-refractivity contribution in [2.45, 2.75) is 6.54 Å². The Labute approximate surface area is 172 Å². The summed E-state index contributed by atoms with van der Waals surface area (Å²) < 4.78 is 1.70.